The van der Waals surface area contributed by atoms with Gasteiger partial charge in [0, 0.05) is 36.1 Å². The summed E-state index contributed by atoms with van der Waals surface area (Å²) in [5.41, 5.74) is 0. The lowest BCUT2D eigenvalue weighted by atomic mass is 10.0. The fourth-order valence-corrected chi connectivity index (χ4v) is 4.27. The molecule has 0 radical (unpaired) electrons. The van der Waals surface area contributed by atoms with Gasteiger partial charge in [-0.25, -0.2) is 0 Å². The van der Waals surface area contributed by atoms with Gasteiger partial charge in [-0.3, -0.25) is 4.79 Å². The third-order valence-electron chi connectivity index (χ3n) is 3.99. The molecule has 0 aliphatic carbocycles. The number of halogens is 2. The van der Waals surface area contributed by atoms with E-state index in [1.54, 1.807) is 12.1 Å². The van der Waals surface area contributed by atoms with E-state index in [1.807, 2.05) is 11.0 Å². The van der Waals surface area contributed by atoms with Crippen molar-refractivity contribution in [2.45, 2.75) is 4.90 Å². The highest BCUT2D eigenvalue weighted by atomic mass is 35.5. The number of rotatable bonds is 3. The molecule has 1 aromatic carbocycles. The minimum absolute atomic E-state index is 0.195. The highest BCUT2D eigenvalue weighted by molar-refractivity contribution is 8.00. The molecule has 108 valence electrons. The van der Waals surface area contributed by atoms with E-state index in [0.29, 0.717) is 27.6 Å². The second-order valence-electron chi connectivity index (χ2n) is 5.34. The quantitative estimate of drug-likeness (QED) is 0.865. The van der Waals surface area contributed by atoms with E-state index < -0.39 is 0 Å². The first-order chi connectivity index (χ1) is 9.63. The van der Waals surface area contributed by atoms with E-state index in [9.17, 15) is 4.79 Å². The Labute approximate surface area is 133 Å². The Hall–Kier alpha value is -0.420. The van der Waals surface area contributed by atoms with Gasteiger partial charge in [0.2, 0.25) is 5.91 Å². The maximum atomic E-state index is 12.3. The van der Waals surface area contributed by atoms with Crippen molar-refractivity contribution >= 4 is 40.9 Å². The molecule has 1 N–H and O–H groups in total. The standard InChI is InChI=1S/C14H16Cl2N2OS/c15-11-1-2-12(16)13(3-11)20-8-14(19)18-6-9-4-17-5-10(9)7-18/h1-3,9-10,17H,4-8H2/t9-,10+. The smallest absolute Gasteiger partial charge is 0.232 e. The van der Waals surface area contributed by atoms with Gasteiger partial charge in [-0.2, -0.15) is 0 Å². The first-order valence-corrected chi connectivity index (χ1v) is 8.44. The molecule has 2 aliphatic rings. The first-order valence-electron chi connectivity index (χ1n) is 6.70. The Kier molecular flexibility index (Phi) is 4.46. The number of hydrogen-bond donors (Lipinski definition) is 1. The van der Waals surface area contributed by atoms with Crippen LogP contribution in [0.25, 0.3) is 0 Å². The lowest BCUT2D eigenvalue weighted by Gasteiger charge is -2.17. The fraction of sp³-hybridized carbons (Fsp3) is 0.500. The summed E-state index contributed by atoms with van der Waals surface area (Å²) >= 11 is 13.5. The summed E-state index contributed by atoms with van der Waals surface area (Å²) in [5, 5.41) is 4.67. The predicted molar refractivity (Wildman–Crippen MR) is 83.6 cm³/mol. The lowest BCUT2D eigenvalue weighted by molar-refractivity contribution is -0.127. The minimum atomic E-state index is 0.195. The third kappa shape index (κ3) is 3.08. The van der Waals surface area contributed by atoms with Crippen molar-refractivity contribution in [3.8, 4) is 0 Å². The highest BCUT2D eigenvalue weighted by Crippen LogP contribution is 2.31. The van der Waals surface area contributed by atoms with Crippen molar-refractivity contribution < 1.29 is 4.79 Å². The molecular formula is C14H16Cl2N2OS. The highest BCUT2D eigenvalue weighted by Gasteiger charge is 2.37. The fourth-order valence-electron chi connectivity index (χ4n) is 2.88. The molecule has 2 aliphatic heterocycles. The molecule has 3 rings (SSSR count). The average molecular weight is 331 g/mol. The topological polar surface area (TPSA) is 32.3 Å². The van der Waals surface area contributed by atoms with Crippen LogP contribution in [0, 0.1) is 11.8 Å². The monoisotopic (exact) mass is 330 g/mol. The number of amides is 1. The van der Waals surface area contributed by atoms with Gasteiger partial charge in [0.15, 0.2) is 0 Å². The molecule has 1 amide bonds. The molecule has 3 nitrogen and oxygen atoms in total. The second-order valence-corrected chi connectivity index (χ2v) is 7.20. The zero-order valence-corrected chi connectivity index (χ0v) is 13.3. The number of nitrogens with one attached hydrogen (secondary N) is 1. The summed E-state index contributed by atoms with van der Waals surface area (Å²) in [6.07, 6.45) is 0. The molecule has 1 aromatic rings. The summed E-state index contributed by atoms with van der Waals surface area (Å²) in [4.78, 5) is 15.1. The summed E-state index contributed by atoms with van der Waals surface area (Å²) in [5.74, 6) is 1.89. The Morgan fingerprint density at radius 2 is 2.00 bits per heavy atom. The molecule has 0 bridgehead atoms. The number of carbonyl (C=O) groups is 1. The van der Waals surface area contributed by atoms with Crippen LogP contribution in [0.1, 0.15) is 0 Å². The van der Waals surface area contributed by atoms with Gasteiger partial charge < -0.3 is 10.2 Å². The van der Waals surface area contributed by atoms with Gasteiger partial charge in [0.25, 0.3) is 0 Å². The number of hydrogen-bond acceptors (Lipinski definition) is 3. The maximum Gasteiger partial charge on any atom is 0.232 e. The van der Waals surface area contributed by atoms with Crippen LogP contribution in [-0.4, -0.2) is 42.7 Å². The molecule has 0 unspecified atom stereocenters. The van der Waals surface area contributed by atoms with E-state index in [-0.39, 0.29) is 5.91 Å². The SMILES string of the molecule is O=C(CSc1cc(Cl)ccc1Cl)N1C[C@H]2CNC[C@H]2C1. The van der Waals surface area contributed by atoms with Crippen LogP contribution in [-0.2, 0) is 4.79 Å². The van der Waals surface area contributed by atoms with Crippen LogP contribution in [0.2, 0.25) is 10.0 Å². The van der Waals surface area contributed by atoms with E-state index in [0.717, 1.165) is 31.1 Å². The van der Waals surface area contributed by atoms with Gasteiger partial charge >= 0.3 is 0 Å². The number of fused-ring (bicyclic) bond motifs is 1. The summed E-state index contributed by atoms with van der Waals surface area (Å²) < 4.78 is 0. The average Bonchev–Trinajstić information content (AvgIpc) is 3.00. The summed E-state index contributed by atoms with van der Waals surface area (Å²) in [6, 6.07) is 5.33. The molecule has 2 atom stereocenters. The van der Waals surface area contributed by atoms with E-state index in [4.69, 9.17) is 23.2 Å². The number of nitrogens with zero attached hydrogens (tertiary/aromatic N) is 1. The molecular weight excluding hydrogens is 315 g/mol. The number of likely N-dealkylation sites (tertiary alicyclic amines) is 1. The molecule has 0 saturated carbocycles. The van der Waals surface area contributed by atoms with E-state index in [2.05, 4.69) is 5.32 Å². The Morgan fingerprint density at radius 1 is 1.30 bits per heavy atom. The van der Waals surface area contributed by atoms with Gasteiger partial charge in [-0.05, 0) is 30.0 Å². The van der Waals surface area contributed by atoms with Crippen LogP contribution in [0.4, 0.5) is 0 Å². The first kappa shape index (κ1) is 14.5. The van der Waals surface area contributed by atoms with E-state index >= 15 is 0 Å². The second kappa shape index (κ2) is 6.14. The van der Waals surface area contributed by atoms with Crippen LogP contribution >= 0.6 is 35.0 Å². The largest absolute Gasteiger partial charge is 0.341 e. The van der Waals surface area contributed by atoms with Crippen LogP contribution in [0.15, 0.2) is 23.1 Å². The molecule has 20 heavy (non-hydrogen) atoms. The van der Waals surface area contributed by atoms with Gasteiger partial charge in [-0.1, -0.05) is 23.2 Å². The van der Waals surface area contributed by atoms with Crippen molar-refractivity contribution in [2.75, 3.05) is 31.9 Å². The van der Waals surface area contributed by atoms with Crippen molar-refractivity contribution in [1.29, 1.82) is 0 Å². The molecule has 0 spiro atoms. The van der Waals surface area contributed by atoms with Crippen molar-refractivity contribution in [1.82, 2.24) is 10.2 Å². The number of benzene rings is 1. The van der Waals surface area contributed by atoms with Gasteiger partial charge in [0.1, 0.15) is 0 Å². The van der Waals surface area contributed by atoms with Crippen LogP contribution in [0.5, 0.6) is 0 Å². The summed E-state index contributed by atoms with van der Waals surface area (Å²) in [7, 11) is 0. The zero-order valence-electron chi connectivity index (χ0n) is 10.9. The van der Waals surface area contributed by atoms with Gasteiger partial charge in [-0.15, -0.1) is 11.8 Å². The zero-order chi connectivity index (χ0) is 14.1. The Morgan fingerprint density at radius 3 is 2.70 bits per heavy atom. The van der Waals surface area contributed by atoms with Gasteiger partial charge in [0.05, 0.1) is 10.8 Å². The van der Waals surface area contributed by atoms with Crippen LogP contribution in [0.3, 0.4) is 0 Å². The van der Waals surface area contributed by atoms with E-state index in [1.165, 1.54) is 11.8 Å². The number of carbonyl (C=O) groups excluding carboxylic acids is 1. The minimum Gasteiger partial charge on any atom is -0.341 e. The predicted octanol–water partition coefficient (Wildman–Crippen LogP) is 2.76. The normalized spacial score (nSPS) is 25.0. The Balaban J connectivity index is 1.56. The van der Waals surface area contributed by atoms with Crippen molar-refractivity contribution in [2.24, 2.45) is 11.8 Å². The third-order valence-corrected chi connectivity index (χ3v) is 5.70. The lowest BCUT2D eigenvalue weighted by Crippen LogP contribution is -2.33. The maximum absolute atomic E-state index is 12.3. The molecule has 2 saturated heterocycles. The number of thioether (sulfide) groups is 1. The molecule has 0 aromatic heterocycles. The van der Waals surface area contributed by atoms with Crippen molar-refractivity contribution in [3.05, 3.63) is 28.2 Å². The van der Waals surface area contributed by atoms with Crippen LogP contribution < -0.4 is 5.32 Å². The Bertz CT molecular complexity index is 514. The molecule has 2 fully saturated rings. The summed E-state index contributed by atoms with van der Waals surface area (Å²) in [6.45, 7) is 3.87. The molecule has 2 heterocycles. The van der Waals surface area contributed by atoms with Crippen molar-refractivity contribution in [3.63, 3.8) is 0 Å². The molecule has 6 heteroatoms.